The van der Waals surface area contributed by atoms with Crippen LogP contribution in [-0.2, 0) is 5.54 Å². The lowest BCUT2D eigenvalue weighted by Crippen LogP contribution is -2.29. The number of nitrogens with zero attached hydrogens (tertiary/aromatic N) is 1. The minimum absolute atomic E-state index is 0.161. The lowest BCUT2D eigenvalue weighted by molar-refractivity contribution is 0.102. The van der Waals surface area contributed by atoms with Crippen molar-refractivity contribution in [3.63, 3.8) is 0 Å². The van der Waals surface area contributed by atoms with Crippen LogP contribution < -0.4 is 15.8 Å². The summed E-state index contributed by atoms with van der Waals surface area (Å²) in [4.78, 5) is 17.3. The summed E-state index contributed by atoms with van der Waals surface area (Å²) in [6.45, 7) is 4.57. The van der Waals surface area contributed by atoms with Gasteiger partial charge in [0.05, 0.1) is 12.1 Å². The number of hydrogen-bond donors (Lipinski definition) is 2. The number of benzene rings is 2. The molecule has 0 aromatic heterocycles. The van der Waals surface area contributed by atoms with Crippen molar-refractivity contribution >= 4 is 28.5 Å². The SMILES string of the molecule is CCOc1cccc(NC(=O)c2cccc(C3(C)CCSC(N)=N3)c2)c1. The minimum Gasteiger partial charge on any atom is -0.494 e. The van der Waals surface area contributed by atoms with E-state index in [9.17, 15) is 4.79 Å². The van der Waals surface area contributed by atoms with Gasteiger partial charge in [-0.25, -0.2) is 0 Å². The van der Waals surface area contributed by atoms with Gasteiger partial charge in [0.1, 0.15) is 5.75 Å². The van der Waals surface area contributed by atoms with E-state index in [0.717, 1.165) is 23.5 Å². The standard InChI is InChI=1S/C20H23N3O2S/c1-3-25-17-9-5-8-16(13-17)22-18(24)14-6-4-7-15(12-14)20(2)10-11-26-19(21)23-20/h4-9,12-13H,3,10-11H2,1-2H3,(H2,21,23)(H,22,24). The normalized spacial score (nSPS) is 19.5. The van der Waals surface area contributed by atoms with Crippen molar-refractivity contribution < 1.29 is 9.53 Å². The van der Waals surface area contributed by atoms with E-state index >= 15 is 0 Å². The van der Waals surface area contributed by atoms with Crippen molar-refractivity contribution in [2.45, 2.75) is 25.8 Å². The van der Waals surface area contributed by atoms with Crippen molar-refractivity contribution in [1.82, 2.24) is 0 Å². The molecule has 1 heterocycles. The molecule has 3 N–H and O–H groups in total. The van der Waals surface area contributed by atoms with Crippen LogP contribution in [0.2, 0.25) is 0 Å². The third-order valence-corrected chi connectivity index (χ3v) is 5.14. The number of rotatable bonds is 5. The third-order valence-electron chi connectivity index (χ3n) is 4.35. The van der Waals surface area contributed by atoms with Crippen LogP contribution in [-0.4, -0.2) is 23.4 Å². The maximum absolute atomic E-state index is 12.7. The number of carbonyl (C=O) groups excluding carboxylic acids is 1. The molecule has 1 amide bonds. The fourth-order valence-corrected chi connectivity index (χ4v) is 3.90. The highest BCUT2D eigenvalue weighted by Crippen LogP contribution is 2.35. The first-order chi connectivity index (χ1) is 12.5. The van der Waals surface area contributed by atoms with Crippen molar-refractivity contribution in [3.8, 4) is 5.75 Å². The van der Waals surface area contributed by atoms with Gasteiger partial charge in [-0.2, -0.15) is 0 Å². The summed E-state index contributed by atoms with van der Waals surface area (Å²) in [5.74, 6) is 1.49. The molecule has 26 heavy (non-hydrogen) atoms. The Morgan fingerprint density at radius 1 is 1.31 bits per heavy atom. The quantitative estimate of drug-likeness (QED) is 0.835. The van der Waals surface area contributed by atoms with E-state index in [1.807, 2.05) is 49.4 Å². The molecule has 2 aromatic rings. The Hall–Kier alpha value is -2.47. The Kier molecular flexibility index (Phi) is 5.52. The third kappa shape index (κ3) is 4.19. The predicted octanol–water partition coefficient (Wildman–Crippen LogP) is 4.00. The largest absolute Gasteiger partial charge is 0.494 e. The molecule has 1 unspecified atom stereocenters. The van der Waals surface area contributed by atoms with Crippen LogP contribution in [0.25, 0.3) is 0 Å². The fourth-order valence-electron chi connectivity index (χ4n) is 2.92. The summed E-state index contributed by atoms with van der Waals surface area (Å²) < 4.78 is 5.48. The summed E-state index contributed by atoms with van der Waals surface area (Å²) in [6.07, 6.45) is 0.889. The molecule has 2 aromatic carbocycles. The molecule has 1 aliphatic heterocycles. The Balaban J connectivity index is 1.81. The smallest absolute Gasteiger partial charge is 0.255 e. The van der Waals surface area contributed by atoms with Crippen LogP contribution in [0.1, 0.15) is 36.2 Å². The molecule has 1 atom stereocenters. The molecule has 6 heteroatoms. The van der Waals surface area contributed by atoms with E-state index < -0.39 is 0 Å². The summed E-state index contributed by atoms with van der Waals surface area (Å²) in [7, 11) is 0. The van der Waals surface area contributed by atoms with Crippen LogP contribution in [0.5, 0.6) is 5.75 Å². The van der Waals surface area contributed by atoms with E-state index in [2.05, 4.69) is 17.2 Å². The zero-order valence-electron chi connectivity index (χ0n) is 15.0. The van der Waals surface area contributed by atoms with Crippen LogP contribution in [0.15, 0.2) is 53.5 Å². The van der Waals surface area contributed by atoms with Gasteiger partial charge in [0.15, 0.2) is 5.17 Å². The lowest BCUT2D eigenvalue weighted by atomic mass is 9.88. The molecular formula is C20H23N3O2S. The van der Waals surface area contributed by atoms with Gasteiger partial charge in [-0.05, 0) is 50.1 Å². The fraction of sp³-hybridized carbons (Fsp3) is 0.300. The zero-order chi connectivity index (χ0) is 18.6. The molecule has 0 saturated carbocycles. The maximum atomic E-state index is 12.7. The lowest BCUT2D eigenvalue weighted by Gasteiger charge is -2.30. The number of thioether (sulfide) groups is 1. The van der Waals surface area contributed by atoms with Gasteiger partial charge in [-0.3, -0.25) is 9.79 Å². The monoisotopic (exact) mass is 369 g/mol. The average molecular weight is 369 g/mol. The van der Waals surface area contributed by atoms with Gasteiger partial charge in [-0.1, -0.05) is 30.0 Å². The van der Waals surface area contributed by atoms with E-state index in [4.69, 9.17) is 10.5 Å². The topological polar surface area (TPSA) is 76.7 Å². The number of nitrogens with one attached hydrogen (secondary N) is 1. The Morgan fingerprint density at radius 3 is 2.88 bits per heavy atom. The number of hydrogen-bond acceptors (Lipinski definition) is 5. The molecule has 0 aliphatic carbocycles. The van der Waals surface area contributed by atoms with Gasteiger partial charge < -0.3 is 15.8 Å². The molecule has 0 spiro atoms. The predicted molar refractivity (Wildman–Crippen MR) is 108 cm³/mol. The number of amides is 1. The van der Waals surface area contributed by atoms with E-state index in [1.54, 1.807) is 17.8 Å². The van der Waals surface area contributed by atoms with Crippen molar-refractivity contribution in [3.05, 3.63) is 59.7 Å². The summed E-state index contributed by atoms with van der Waals surface area (Å²) in [5, 5.41) is 3.52. The Bertz CT molecular complexity index is 837. The first-order valence-corrected chi connectivity index (χ1v) is 9.61. The molecule has 1 aliphatic rings. The minimum atomic E-state index is -0.388. The second-order valence-electron chi connectivity index (χ2n) is 6.32. The highest BCUT2D eigenvalue weighted by molar-refractivity contribution is 8.13. The zero-order valence-corrected chi connectivity index (χ0v) is 15.8. The average Bonchev–Trinajstić information content (AvgIpc) is 2.62. The van der Waals surface area contributed by atoms with Crippen LogP contribution in [0.4, 0.5) is 5.69 Å². The first-order valence-electron chi connectivity index (χ1n) is 8.63. The first kappa shape index (κ1) is 18.3. The van der Waals surface area contributed by atoms with Crippen molar-refractivity contribution in [1.29, 1.82) is 0 Å². The van der Waals surface area contributed by atoms with E-state index in [-0.39, 0.29) is 11.4 Å². The summed E-state index contributed by atoms with van der Waals surface area (Å²) >= 11 is 1.57. The Morgan fingerprint density at radius 2 is 2.12 bits per heavy atom. The molecule has 0 bridgehead atoms. The van der Waals surface area contributed by atoms with Crippen LogP contribution >= 0.6 is 11.8 Å². The number of carbonyl (C=O) groups is 1. The van der Waals surface area contributed by atoms with Gasteiger partial charge in [0.2, 0.25) is 0 Å². The number of ether oxygens (including phenoxy) is 1. The van der Waals surface area contributed by atoms with Gasteiger partial charge in [0, 0.05) is 23.1 Å². The van der Waals surface area contributed by atoms with E-state index in [1.165, 1.54) is 0 Å². The van der Waals surface area contributed by atoms with Crippen LogP contribution in [0, 0.1) is 0 Å². The molecule has 0 saturated heterocycles. The molecule has 136 valence electrons. The summed E-state index contributed by atoms with van der Waals surface area (Å²) in [6, 6.07) is 15.0. The number of amidine groups is 1. The number of aliphatic imine (C=N–C) groups is 1. The Labute approximate surface area is 158 Å². The van der Waals surface area contributed by atoms with Crippen molar-refractivity contribution in [2.75, 3.05) is 17.7 Å². The maximum Gasteiger partial charge on any atom is 0.255 e. The number of nitrogens with two attached hydrogens (primary N) is 1. The van der Waals surface area contributed by atoms with Gasteiger partial charge in [-0.15, -0.1) is 0 Å². The van der Waals surface area contributed by atoms with E-state index in [0.29, 0.717) is 23.0 Å². The molecule has 0 fully saturated rings. The second kappa shape index (κ2) is 7.83. The molecular weight excluding hydrogens is 346 g/mol. The van der Waals surface area contributed by atoms with Crippen LogP contribution in [0.3, 0.4) is 0 Å². The summed E-state index contributed by atoms with van der Waals surface area (Å²) in [5.41, 5.74) is 7.81. The molecule has 0 radical (unpaired) electrons. The number of anilines is 1. The van der Waals surface area contributed by atoms with Crippen molar-refractivity contribution in [2.24, 2.45) is 10.7 Å². The molecule has 5 nitrogen and oxygen atoms in total. The molecule has 3 rings (SSSR count). The second-order valence-corrected chi connectivity index (χ2v) is 7.43. The van der Waals surface area contributed by atoms with Gasteiger partial charge in [0.25, 0.3) is 5.91 Å². The van der Waals surface area contributed by atoms with Gasteiger partial charge >= 0.3 is 0 Å². The highest BCUT2D eigenvalue weighted by Gasteiger charge is 2.29. The highest BCUT2D eigenvalue weighted by atomic mass is 32.2.